The van der Waals surface area contributed by atoms with E-state index in [-0.39, 0.29) is 6.61 Å². The highest BCUT2D eigenvalue weighted by molar-refractivity contribution is 5.51. The molecule has 0 aliphatic rings. The second-order valence-corrected chi connectivity index (χ2v) is 5.41. The molecule has 0 bridgehead atoms. The molecule has 0 aromatic heterocycles. The third-order valence-corrected chi connectivity index (χ3v) is 3.78. The van der Waals surface area contributed by atoms with Gasteiger partial charge < -0.3 is 15.2 Å². The van der Waals surface area contributed by atoms with E-state index in [0.29, 0.717) is 12.6 Å². The molecule has 3 heteroatoms. The highest BCUT2D eigenvalue weighted by Gasteiger charge is 2.11. The maximum absolute atomic E-state index is 9.44. The lowest BCUT2D eigenvalue weighted by molar-refractivity contribution is 0.267. The van der Waals surface area contributed by atoms with Gasteiger partial charge >= 0.3 is 0 Å². The van der Waals surface area contributed by atoms with Crippen LogP contribution in [-0.2, 0) is 6.61 Å². The molecule has 0 spiro atoms. The predicted octanol–water partition coefficient (Wildman–Crippen LogP) is 4.20. The van der Waals surface area contributed by atoms with Gasteiger partial charge in [-0.1, -0.05) is 27.2 Å². The van der Waals surface area contributed by atoms with Crippen molar-refractivity contribution < 1.29 is 9.84 Å². The lowest BCUT2D eigenvalue weighted by atomic mass is 9.97. The monoisotopic (exact) mass is 279 g/mol. The molecule has 2 atom stereocenters. The number of ether oxygens (including phenoxy) is 1. The first-order valence-corrected chi connectivity index (χ1v) is 7.77. The summed E-state index contributed by atoms with van der Waals surface area (Å²) in [6.45, 7) is 9.31. The molecule has 0 aliphatic heterocycles. The molecule has 3 nitrogen and oxygen atoms in total. The summed E-state index contributed by atoms with van der Waals surface area (Å²) in [5.74, 6) is 1.50. The van der Waals surface area contributed by atoms with E-state index in [2.05, 4.69) is 26.1 Å². The van der Waals surface area contributed by atoms with E-state index >= 15 is 0 Å². The summed E-state index contributed by atoms with van der Waals surface area (Å²) in [6.07, 6.45) is 3.49. The van der Waals surface area contributed by atoms with E-state index in [1.165, 1.54) is 12.8 Å². The molecular weight excluding hydrogens is 250 g/mol. The lowest BCUT2D eigenvalue weighted by Crippen LogP contribution is -2.21. The summed E-state index contributed by atoms with van der Waals surface area (Å²) in [5, 5.41) is 13.0. The number of hydrogen-bond acceptors (Lipinski definition) is 3. The van der Waals surface area contributed by atoms with Crippen LogP contribution in [0.4, 0.5) is 5.69 Å². The lowest BCUT2D eigenvalue weighted by Gasteiger charge is -2.22. The zero-order chi connectivity index (χ0) is 15.0. The average molecular weight is 279 g/mol. The van der Waals surface area contributed by atoms with Gasteiger partial charge in [0.2, 0.25) is 0 Å². The van der Waals surface area contributed by atoms with Gasteiger partial charge in [-0.3, -0.25) is 0 Å². The number of hydrogen-bond donors (Lipinski definition) is 2. The first-order chi connectivity index (χ1) is 9.64. The van der Waals surface area contributed by atoms with Gasteiger partial charge in [-0.15, -0.1) is 0 Å². The zero-order valence-corrected chi connectivity index (χ0v) is 13.3. The summed E-state index contributed by atoms with van der Waals surface area (Å²) >= 11 is 0. The minimum atomic E-state index is 0.00695. The molecule has 114 valence electrons. The number of benzene rings is 1. The maximum atomic E-state index is 9.44. The minimum absolute atomic E-state index is 0.00695. The van der Waals surface area contributed by atoms with Gasteiger partial charge in [0.1, 0.15) is 5.75 Å². The zero-order valence-electron chi connectivity index (χ0n) is 13.3. The number of aliphatic hydroxyl groups excluding tert-OH is 1. The van der Waals surface area contributed by atoms with Crippen LogP contribution >= 0.6 is 0 Å². The first kappa shape index (κ1) is 16.8. The summed E-state index contributed by atoms with van der Waals surface area (Å²) in [4.78, 5) is 0. The quantitative estimate of drug-likeness (QED) is 0.711. The van der Waals surface area contributed by atoms with E-state index in [4.69, 9.17) is 4.74 Å². The van der Waals surface area contributed by atoms with Crippen molar-refractivity contribution in [1.29, 1.82) is 0 Å². The molecule has 1 rings (SSSR count). The Bertz CT molecular complexity index is 393. The molecule has 1 aromatic carbocycles. The predicted molar refractivity (Wildman–Crippen MR) is 85.3 cm³/mol. The van der Waals surface area contributed by atoms with Gasteiger partial charge in [-0.25, -0.2) is 0 Å². The SMILES string of the molecule is CCOc1ccc(NC(CC)CC(C)CC)cc1CO. The summed E-state index contributed by atoms with van der Waals surface area (Å²) in [5.41, 5.74) is 1.91. The maximum Gasteiger partial charge on any atom is 0.124 e. The topological polar surface area (TPSA) is 41.5 Å². The Hall–Kier alpha value is -1.22. The highest BCUT2D eigenvalue weighted by Crippen LogP contribution is 2.25. The molecule has 20 heavy (non-hydrogen) atoms. The Morgan fingerprint density at radius 1 is 1.20 bits per heavy atom. The second kappa shape index (κ2) is 8.85. The van der Waals surface area contributed by atoms with Crippen LogP contribution < -0.4 is 10.1 Å². The normalized spacial score (nSPS) is 13.8. The van der Waals surface area contributed by atoms with Crippen LogP contribution in [0.5, 0.6) is 5.75 Å². The van der Waals surface area contributed by atoms with Gasteiger partial charge in [0.05, 0.1) is 13.2 Å². The smallest absolute Gasteiger partial charge is 0.124 e. The summed E-state index contributed by atoms with van der Waals surface area (Å²) in [6, 6.07) is 6.44. The fourth-order valence-electron chi connectivity index (χ4n) is 2.30. The van der Waals surface area contributed by atoms with Crippen molar-refractivity contribution in [2.24, 2.45) is 5.92 Å². The average Bonchev–Trinajstić information content (AvgIpc) is 2.47. The van der Waals surface area contributed by atoms with E-state index in [0.717, 1.165) is 29.3 Å². The number of nitrogens with one attached hydrogen (secondary N) is 1. The molecule has 0 saturated heterocycles. The molecule has 2 N–H and O–H groups in total. The molecule has 0 amide bonds. The first-order valence-electron chi connectivity index (χ1n) is 7.77. The van der Waals surface area contributed by atoms with Crippen molar-refractivity contribution >= 4 is 5.69 Å². The largest absolute Gasteiger partial charge is 0.494 e. The molecule has 2 unspecified atom stereocenters. The minimum Gasteiger partial charge on any atom is -0.494 e. The van der Waals surface area contributed by atoms with E-state index in [1.807, 2.05) is 25.1 Å². The molecule has 0 heterocycles. The molecule has 0 radical (unpaired) electrons. The summed E-state index contributed by atoms with van der Waals surface area (Å²) < 4.78 is 5.51. The van der Waals surface area contributed by atoms with Gasteiger partial charge in [0, 0.05) is 17.3 Å². The van der Waals surface area contributed by atoms with Crippen LogP contribution in [0, 0.1) is 5.92 Å². The Kier molecular flexibility index (Phi) is 7.45. The molecule has 0 aliphatic carbocycles. The third-order valence-electron chi connectivity index (χ3n) is 3.78. The Morgan fingerprint density at radius 3 is 2.50 bits per heavy atom. The standard InChI is InChI=1S/C17H29NO2/c1-5-13(4)10-15(6-2)18-16-8-9-17(20-7-3)14(11-16)12-19/h8-9,11,13,15,18-19H,5-7,10,12H2,1-4H3. The Labute approximate surface area is 123 Å². The van der Waals surface area contributed by atoms with Gasteiger partial charge in [0.25, 0.3) is 0 Å². The number of anilines is 1. The third kappa shape index (κ3) is 5.04. The fourth-order valence-corrected chi connectivity index (χ4v) is 2.30. The van der Waals surface area contributed by atoms with Crippen molar-refractivity contribution in [1.82, 2.24) is 0 Å². The van der Waals surface area contributed by atoms with Crippen molar-refractivity contribution in [2.45, 2.75) is 59.6 Å². The number of rotatable bonds is 9. The number of aliphatic hydroxyl groups is 1. The van der Waals surface area contributed by atoms with Crippen LogP contribution in [0.3, 0.4) is 0 Å². The van der Waals surface area contributed by atoms with Crippen molar-refractivity contribution in [3.05, 3.63) is 23.8 Å². The van der Waals surface area contributed by atoms with E-state index in [1.54, 1.807) is 0 Å². The Morgan fingerprint density at radius 2 is 1.95 bits per heavy atom. The van der Waals surface area contributed by atoms with Crippen molar-refractivity contribution in [3.63, 3.8) is 0 Å². The summed E-state index contributed by atoms with van der Waals surface area (Å²) in [7, 11) is 0. The van der Waals surface area contributed by atoms with Crippen LogP contribution in [0.1, 0.15) is 52.5 Å². The highest BCUT2D eigenvalue weighted by atomic mass is 16.5. The van der Waals surface area contributed by atoms with E-state index < -0.39 is 0 Å². The van der Waals surface area contributed by atoms with Crippen LogP contribution in [0.25, 0.3) is 0 Å². The molecule has 0 saturated carbocycles. The van der Waals surface area contributed by atoms with E-state index in [9.17, 15) is 5.11 Å². The molecule has 1 aromatic rings. The van der Waals surface area contributed by atoms with Crippen molar-refractivity contribution in [2.75, 3.05) is 11.9 Å². The van der Waals surface area contributed by atoms with Crippen LogP contribution in [0.2, 0.25) is 0 Å². The van der Waals surface area contributed by atoms with Gasteiger partial charge in [-0.05, 0) is 43.9 Å². The second-order valence-electron chi connectivity index (χ2n) is 5.41. The van der Waals surface area contributed by atoms with Crippen molar-refractivity contribution in [3.8, 4) is 5.75 Å². The fraction of sp³-hybridized carbons (Fsp3) is 0.647. The van der Waals surface area contributed by atoms with Crippen LogP contribution in [-0.4, -0.2) is 17.8 Å². The van der Waals surface area contributed by atoms with Gasteiger partial charge in [-0.2, -0.15) is 0 Å². The van der Waals surface area contributed by atoms with Crippen LogP contribution in [0.15, 0.2) is 18.2 Å². The molecule has 0 fully saturated rings. The Balaban J connectivity index is 2.75. The molecular formula is C17H29NO2. The van der Waals surface area contributed by atoms with Gasteiger partial charge in [0.15, 0.2) is 0 Å².